The number of nitrogens with one attached hydrogen (secondary N) is 3. The summed E-state index contributed by atoms with van der Waals surface area (Å²) in [7, 11) is 2.01. The van der Waals surface area contributed by atoms with Crippen molar-refractivity contribution in [2.24, 2.45) is 0 Å². The molecule has 1 atom stereocenters. The van der Waals surface area contributed by atoms with Gasteiger partial charge in [0.15, 0.2) is 5.01 Å². The summed E-state index contributed by atoms with van der Waals surface area (Å²) in [5, 5.41) is 16.6. The first-order valence-electron chi connectivity index (χ1n) is 8.17. The number of carbonyl (C=O) groups excluding carboxylic acids is 2. The molecule has 1 aromatic heterocycles. The van der Waals surface area contributed by atoms with E-state index in [0.717, 1.165) is 42.9 Å². The summed E-state index contributed by atoms with van der Waals surface area (Å²) in [6, 6.07) is -0.841. The minimum Gasteiger partial charge on any atom is -0.465 e. The Kier molecular flexibility index (Phi) is 5.19. The normalized spacial score (nSPS) is 18.1. The van der Waals surface area contributed by atoms with Crippen molar-refractivity contribution in [3.05, 3.63) is 15.6 Å². The van der Waals surface area contributed by atoms with Crippen molar-refractivity contribution in [2.45, 2.75) is 37.9 Å². The Morgan fingerprint density at radius 2 is 2.16 bits per heavy atom. The number of carboxylic acid groups (broad SMARTS) is 1. The standard InChI is InChI=1S/C15H21N5O4S/c1-20-5-4-9-11(7-20)25-14(19-9)13(22)18-10(6-16-15(23)24)12(21)17-8-2-3-8/h8,10,16H,2-7H2,1H3,(H,17,21)(H,18,22)(H,23,24). The average molecular weight is 367 g/mol. The van der Waals surface area contributed by atoms with Crippen molar-refractivity contribution in [1.29, 1.82) is 0 Å². The maximum absolute atomic E-state index is 12.5. The van der Waals surface area contributed by atoms with E-state index in [1.807, 2.05) is 7.05 Å². The molecule has 1 fully saturated rings. The number of hydrogen-bond acceptors (Lipinski definition) is 6. The molecule has 2 heterocycles. The third kappa shape index (κ3) is 4.67. The second-order valence-corrected chi connectivity index (χ2v) is 7.46. The lowest BCUT2D eigenvalue weighted by molar-refractivity contribution is -0.123. The van der Waals surface area contributed by atoms with Crippen LogP contribution < -0.4 is 16.0 Å². The van der Waals surface area contributed by atoms with Crippen LogP contribution in [0.5, 0.6) is 0 Å². The lowest BCUT2D eigenvalue weighted by Crippen LogP contribution is -2.53. The van der Waals surface area contributed by atoms with Gasteiger partial charge in [0.1, 0.15) is 6.04 Å². The topological polar surface area (TPSA) is 124 Å². The average Bonchev–Trinajstić information content (AvgIpc) is 3.26. The fourth-order valence-electron chi connectivity index (χ4n) is 2.57. The van der Waals surface area contributed by atoms with Gasteiger partial charge >= 0.3 is 6.09 Å². The van der Waals surface area contributed by atoms with E-state index in [1.165, 1.54) is 11.3 Å². The fraction of sp³-hybridized carbons (Fsp3) is 0.600. The number of fused-ring (bicyclic) bond motifs is 1. The van der Waals surface area contributed by atoms with E-state index in [4.69, 9.17) is 5.11 Å². The molecule has 0 saturated heterocycles. The summed E-state index contributed by atoms with van der Waals surface area (Å²) >= 11 is 1.32. The molecule has 1 aliphatic carbocycles. The monoisotopic (exact) mass is 367 g/mol. The molecular weight excluding hydrogens is 346 g/mol. The van der Waals surface area contributed by atoms with Crippen molar-refractivity contribution in [1.82, 2.24) is 25.8 Å². The zero-order valence-electron chi connectivity index (χ0n) is 13.9. The number of nitrogens with zero attached hydrogens (tertiary/aromatic N) is 2. The Hall–Kier alpha value is -2.20. The molecule has 1 unspecified atom stereocenters. The second kappa shape index (κ2) is 7.36. The summed E-state index contributed by atoms with van der Waals surface area (Å²) in [6.45, 7) is 1.46. The lowest BCUT2D eigenvalue weighted by atomic mass is 10.2. The predicted octanol–water partition coefficient (Wildman–Crippen LogP) is -0.224. The first-order chi connectivity index (χ1) is 11.9. The maximum atomic E-state index is 12.5. The second-order valence-electron chi connectivity index (χ2n) is 6.37. The summed E-state index contributed by atoms with van der Waals surface area (Å²) in [4.78, 5) is 43.0. The van der Waals surface area contributed by atoms with Crippen molar-refractivity contribution in [2.75, 3.05) is 20.1 Å². The molecule has 10 heteroatoms. The van der Waals surface area contributed by atoms with Gasteiger partial charge in [-0.15, -0.1) is 11.3 Å². The van der Waals surface area contributed by atoms with E-state index >= 15 is 0 Å². The molecule has 0 aromatic carbocycles. The predicted molar refractivity (Wildman–Crippen MR) is 90.6 cm³/mol. The SMILES string of the molecule is CN1CCc2nc(C(=O)NC(CNC(=O)O)C(=O)NC3CC3)sc2C1. The summed E-state index contributed by atoms with van der Waals surface area (Å²) in [5.74, 6) is -0.837. The third-order valence-electron chi connectivity index (χ3n) is 4.12. The molecule has 136 valence electrons. The Balaban J connectivity index is 1.66. The quantitative estimate of drug-likeness (QED) is 0.551. The van der Waals surface area contributed by atoms with Gasteiger partial charge in [-0.2, -0.15) is 0 Å². The van der Waals surface area contributed by atoms with Crippen LogP contribution in [-0.2, 0) is 17.8 Å². The molecule has 1 aliphatic heterocycles. The van der Waals surface area contributed by atoms with Crippen LogP contribution in [0.3, 0.4) is 0 Å². The molecule has 2 aliphatic rings. The molecule has 0 radical (unpaired) electrons. The number of amides is 3. The van der Waals surface area contributed by atoms with Crippen LogP contribution in [-0.4, -0.2) is 65.1 Å². The largest absolute Gasteiger partial charge is 0.465 e. The highest BCUT2D eigenvalue weighted by molar-refractivity contribution is 7.13. The molecular formula is C15H21N5O4S. The van der Waals surface area contributed by atoms with Gasteiger partial charge in [0.2, 0.25) is 5.91 Å². The molecule has 0 spiro atoms. The molecule has 25 heavy (non-hydrogen) atoms. The summed E-state index contributed by atoms with van der Waals surface area (Å²) < 4.78 is 0. The number of hydrogen-bond donors (Lipinski definition) is 4. The van der Waals surface area contributed by atoms with E-state index in [0.29, 0.717) is 5.01 Å². The minimum atomic E-state index is -1.24. The smallest absolute Gasteiger partial charge is 0.404 e. The van der Waals surface area contributed by atoms with Crippen molar-refractivity contribution >= 4 is 29.2 Å². The fourth-order valence-corrected chi connectivity index (χ4v) is 3.66. The van der Waals surface area contributed by atoms with E-state index in [1.54, 1.807) is 0 Å². The molecule has 4 N–H and O–H groups in total. The van der Waals surface area contributed by atoms with Crippen LogP contribution in [0.25, 0.3) is 0 Å². The molecule has 1 saturated carbocycles. The number of rotatable bonds is 6. The Labute approximate surface area is 148 Å². The van der Waals surface area contributed by atoms with Gasteiger partial charge in [-0.3, -0.25) is 9.59 Å². The molecule has 0 bridgehead atoms. The number of carbonyl (C=O) groups is 3. The molecule has 9 nitrogen and oxygen atoms in total. The van der Waals surface area contributed by atoms with Crippen LogP contribution in [0.15, 0.2) is 0 Å². The Morgan fingerprint density at radius 3 is 2.84 bits per heavy atom. The van der Waals surface area contributed by atoms with Gasteiger partial charge < -0.3 is 26.0 Å². The van der Waals surface area contributed by atoms with Gasteiger partial charge in [-0.05, 0) is 19.9 Å². The van der Waals surface area contributed by atoms with Gasteiger partial charge in [0.25, 0.3) is 5.91 Å². The molecule has 1 aromatic rings. The van der Waals surface area contributed by atoms with Crippen LogP contribution in [0.4, 0.5) is 4.79 Å². The number of aromatic nitrogens is 1. The zero-order valence-corrected chi connectivity index (χ0v) is 14.7. The van der Waals surface area contributed by atoms with Crippen molar-refractivity contribution in [3.8, 4) is 0 Å². The van der Waals surface area contributed by atoms with Crippen LogP contribution >= 0.6 is 11.3 Å². The van der Waals surface area contributed by atoms with Gasteiger partial charge in [-0.25, -0.2) is 9.78 Å². The Morgan fingerprint density at radius 1 is 1.40 bits per heavy atom. The van der Waals surface area contributed by atoms with E-state index in [9.17, 15) is 14.4 Å². The maximum Gasteiger partial charge on any atom is 0.404 e. The highest BCUT2D eigenvalue weighted by Crippen LogP contribution is 2.24. The van der Waals surface area contributed by atoms with E-state index < -0.39 is 18.0 Å². The van der Waals surface area contributed by atoms with Crippen LogP contribution in [0.1, 0.15) is 33.2 Å². The Bertz CT molecular complexity index is 687. The first kappa shape index (κ1) is 17.6. The van der Waals surface area contributed by atoms with Gasteiger partial charge in [0.05, 0.1) is 12.2 Å². The summed E-state index contributed by atoms with van der Waals surface area (Å²) in [6.07, 6.45) is 1.37. The van der Waals surface area contributed by atoms with Gasteiger partial charge in [0, 0.05) is 30.4 Å². The zero-order chi connectivity index (χ0) is 18.0. The van der Waals surface area contributed by atoms with E-state index in [2.05, 4.69) is 25.8 Å². The van der Waals surface area contributed by atoms with Crippen molar-refractivity contribution < 1.29 is 19.5 Å². The van der Waals surface area contributed by atoms with Crippen LogP contribution in [0.2, 0.25) is 0 Å². The highest BCUT2D eigenvalue weighted by atomic mass is 32.1. The van der Waals surface area contributed by atoms with Gasteiger partial charge in [-0.1, -0.05) is 0 Å². The number of likely N-dealkylation sites (N-methyl/N-ethyl adjacent to an activating group) is 1. The lowest BCUT2D eigenvalue weighted by Gasteiger charge is -2.20. The van der Waals surface area contributed by atoms with Crippen LogP contribution in [0, 0.1) is 0 Å². The third-order valence-corrected chi connectivity index (χ3v) is 5.20. The van der Waals surface area contributed by atoms with Crippen molar-refractivity contribution in [3.63, 3.8) is 0 Å². The molecule has 3 rings (SSSR count). The molecule has 3 amide bonds. The first-order valence-corrected chi connectivity index (χ1v) is 8.99. The number of thiazole rings is 1. The summed E-state index contributed by atoms with van der Waals surface area (Å²) in [5.41, 5.74) is 0.927. The minimum absolute atomic E-state index is 0.124. The highest BCUT2D eigenvalue weighted by Gasteiger charge is 2.30. The van der Waals surface area contributed by atoms with E-state index in [-0.39, 0.29) is 18.5 Å².